The zero-order chi connectivity index (χ0) is 10.0. The number of nitrogens with zero attached hydrogens (tertiary/aromatic N) is 2. The van der Waals surface area contributed by atoms with Crippen molar-refractivity contribution in [1.29, 1.82) is 5.26 Å². The van der Waals surface area contributed by atoms with Crippen molar-refractivity contribution in [3.63, 3.8) is 0 Å². The molecule has 0 unspecified atom stereocenters. The third kappa shape index (κ3) is 1.39. The summed E-state index contributed by atoms with van der Waals surface area (Å²) < 4.78 is 12.8. The van der Waals surface area contributed by atoms with Crippen LogP contribution in [0.4, 0.5) is 10.1 Å². The molecule has 1 aromatic carbocycles. The predicted molar refractivity (Wildman–Crippen MR) is 39.4 cm³/mol. The molecule has 0 saturated carbocycles. The lowest BCUT2D eigenvalue weighted by Gasteiger charge is -1.97. The first kappa shape index (κ1) is 8.93. The number of nitro groups is 1. The van der Waals surface area contributed by atoms with Gasteiger partial charge in [-0.3, -0.25) is 10.1 Å². The lowest BCUT2D eigenvalue weighted by atomic mass is 10.2. The van der Waals surface area contributed by atoms with Gasteiger partial charge in [0.1, 0.15) is 6.07 Å². The zero-order valence-electron chi connectivity index (χ0n) is 6.19. The van der Waals surface area contributed by atoms with Gasteiger partial charge in [-0.25, -0.2) is 4.39 Å². The molecule has 1 rings (SSSR count). The maximum absolute atomic E-state index is 12.8. The summed E-state index contributed by atoms with van der Waals surface area (Å²) in [5, 5.41) is 27.4. The van der Waals surface area contributed by atoms with E-state index in [0.717, 1.165) is 12.1 Å². The molecule has 1 aromatic rings. The number of nitro benzene ring substituents is 1. The third-order valence-corrected chi connectivity index (χ3v) is 1.41. The number of nitriles is 1. The molecule has 6 heteroatoms. The molecule has 0 radical (unpaired) electrons. The molecule has 0 aliphatic heterocycles. The average Bonchev–Trinajstić information content (AvgIpc) is 2.09. The molecule has 66 valence electrons. The summed E-state index contributed by atoms with van der Waals surface area (Å²) in [6, 6.07) is 3.01. The number of hydrogen-bond donors (Lipinski definition) is 1. The molecule has 0 atom stereocenters. The first-order chi connectivity index (χ1) is 6.07. The van der Waals surface area contributed by atoms with Gasteiger partial charge in [-0.05, 0) is 6.07 Å². The number of benzene rings is 1. The fraction of sp³-hybridized carbons (Fsp3) is 0. The molecule has 0 saturated heterocycles. The summed E-state index contributed by atoms with van der Waals surface area (Å²) in [7, 11) is 0. The van der Waals surface area contributed by atoms with Crippen LogP contribution in [-0.2, 0) is 0 Å². The van der Waals surface area contributed by atoms with E-state index in [2.05, 4.69) is 0 Å². The van der Waals surface area contributed by atoms with E-state index in [1.807, 2.05) is 0 Å². The van der Waals surface area contributed by atoms with Crippen LogP contribution < -0.4 is 0 Å². The molecule has 0 amide bonds. The van der Waals surface area contributed by atoms with Crippen LogP contribution in [0.15, 0.2) is 12.1 Å². The molecule has 5 nitrogen and oxygen atoms in total. The van der Waals surface area contributed by atoms with Gasteiger partial charge in [-0.2, -0.15) is 5.26 Å². The minimum atomic E-state index is -1.27. The summed E-state index contributed by atoms with van der Waals surface area (Å²) in [6.45, 7) is 0. The van der Waals surface area contributed by atoms with Crippen LogP contribution in [0.1, 0.15) is 5.56 Å². The Morgan fingerprint density at radius 1 is 1.62 bits per heavy atom. The highest BCUT2D eigenvalue weighted by Crippen LogP contribution is 2.26. The van der Waals surface area contributed by atoms with E-state index in [1.54, 1.807) is 0 Å². The van der Waals surface area contributed by atoms with Crippen molar-refractivity contribution in [2.24, 2.45) is 0 Å². The second-order valence-electron chi connectivity index (χ2n) is 2.16. The Hall–Kier alpha value is -2.16. The highest BCUT2D eigenvalue weighted by Gasteiger charge is 2.20. The maximum Gasteiger partial charge on any atom is 0.290 e. The summed E-state index contributed by atoms with van der Waals surface area (Å²) in [6.07, 6.45) is 0. The Balaban J connectivity index is 3.50. The molecule has 0 aromatic heterocycles. The van der Waals surface area contributed by atoms with Gasteiger partial charge in [0.25, 0.3) is 5.69 Å². The Labute approximate surface area is 71.8 Å². The molecule has 1 N–H and O–H groups in total. The highest BCUT2D eigenvalue weighted by atomic mass is 19.1. The lowest BCUT2D eigenvalue weighted by molar-refractivity contribution is -0.385. The van der Waals surface area contributed by atoms with Gasteiger partial charge in [0, 0.05) is 6.07 Å². The van der Waals surface area contributed by atoms with Crippen LogP contribution >= 0.6 is 0 Å². The Morgan fingerprint density at radius 3 is 2.69 bits per heavy atom. The van der Waals surface area contributed by atoms with Crippen molar-refractivity contribution in [3.05, 3.63) is 33.6 Å². The van der Waals surface area contributed by atoms with E-state index < -0.39 is 27.7 Å². The van der Waals surface area contributed by atoms with Crippen LogP contribution in [0, 0.1) is 27.3 Å². The molecule has 0 aliphatic rings. The van der Waals surface area contributed by atoms with Crippen LogP contribution in [0.25, 0.3) is 0 Å². The van der Waals surface area contributed by atoms with Gasteiger partial charge < -0.3 is 5.11 Å². The second-order valence-corrected chi connectivity index (χ2v) is 2.16. The van der Waals surface area contributed by atoms with E-state index in [1.165, 1.54) is 6.07 Å². The topological polar surface area (TPSA) is 87.2 Å². The SMILES string of the molecule is N#Cc1c([N+](=O)[O-])ccc(O)c1F. The minimum Gasteiger partial charge on any atom is -0.505 e. The molecule has 0 heterocycles. The summed E-state index contributed by atoms with van der Waals surface area (Å²) in [5.74, 6) is -2.04. The van der Waals surface area contributed by atoms with Crippen molar-refractivity contribution in [1.82, 2.24) is 0 Å². The molecule has 0 fully saturated rings. The van der Waals surface area contributed by atoms with E-state index in [-0.39, 0.29) is 0 Å². The smallest absolute Gasteiger partial charge is 0.290 e. The Morgan fingerprint density at radius 2 is 2.23 bits per heavy atom. The summed E-state index contributed by atoms with van der Waals surface area (Å²) >= 11 is 0. The molecular formula is C7H3FN2O3. The normalized spacial score (nSPS) is 9.23. The molecule has 13 heavy (non-hydrogen) atoms. The fourth-order valence-electron chi connectivity index (χ4n) is 0.813. The van der Waals surface area contributed by atoms with E-state index in [4.69, 9.17) is 10.4 Å². The van der Waals surface area contributed by atoms with Gasteiger partial charge in [0.2, 0.25) is 0 Å². The first-order valence-electron chi connectivity index (χ1n) is 3.14. The van der Waals surface area contributed by atoms with Crippen molar-refractivity contribution in [2.75, 3.05) is 0 Å². The Kier molecular flexibility index (Phi) is 2.11. The van der Waals surface area contributed by atoms with Crippen molar-refractivity contribution in [3.8, 4) is 11.8 Å². The summed E-state index contributed by atoms with van der Waals surface area (Å²) in [5.41, 5.74) is -1.41. The number of halogens is 1. The number of phenolic OH excluding ortho intramolecular Hbond substituents is 1. The van der Waals surface area contributed by atoms with E-state index in [0.29, 0.717) is 0 Å². The number of rotatable bonds is 1. The largest absolute Gasteiger partial charge is 0.505 e. The highest BCUT2D eigenvalue weighted by molar-refractivity contribution is 5.52. The second kappa shape index (κ2) is 3.06. The molecule has 0 spiro atoms. The predicted octanol–water partition coefficient (Wildman–Crippen LogP) is 1.31. The van der Waals surface area contributed by atoms with Gasteiger partial charge in [0.15, 0.2) is 17.1 Å². The van der Waals surface area contributed by atoms with Crippen molar-refractivity contribution < 1.29 is 14.4 Å². The van der Waals surface area contributed by atoms with Crippen LogP contribution in [-0.4, -0.2) is 10.0 Å². The lowest BCUT2D eigenvalue weighted by Crippen LogP contribution is -1.95. The number of hydrogen-bond acceptors (Lipinski definition) is 4. The van der Waals surface area contributed by atoms with Crippen molar-refractivity contribution >= 4 is 5.69 Å². The van der Waals surface area contributed by atoms with Crippen LogP contribution in [0.3, 0.4) is 0 Å². The van der Waals surface area contributed by atoms with Gasteiger partial charge >= 0.3 is 0 Å². The van der Waals surface area contributed by atoms with Crippen LogP contribution in [0.5, 0.6) is 5.75 Å². The summed E-state index contributed by atoms with van der Waals surface area (Å²) in [4.78, 5) is 9.36. The standard InChI is InChI=1S/C7H3FN2O3/c8-7-4(3-9)5(10(12)13)1-2-6(7)11/h1-2,11H. The van der Waals surface area contributed by atoms with Gasteiger partial charge in [-0.1, -0.05) is 0 Å². The fourth-order valence-corrected chi connectivity index (χ4v) is 0.813. The monoisotopic (exact) mass is 182 g/mol. The number of phenols is 1. The minimum absolute atomic E-state index is 0.655. The van der Waals surface area contributed by atoms with Crippen LogP contribution in [0.2, 0.25) is 0 Å². The quantitative estimate of drug-likeness (QED) is 0.523. The van der Waals surface area contributed by atoms with Crippen molar-refractivity contribution in [2.45, 2.75) is 0 Å². The Bertz CT molecular complexity index is 411. The molecule has 0 aliphatic carbocycles. The zero-order valence-corrected chi connectivity index (χ0v) is 6.19. The van der Waals surface area contributed by atoms with Gasteiger partial charge in [0.05, 0.1) is 4.92 Å². The maximum atomic E-state index is 12.8. The van der Waals surface area contributed by atoms with Gasteiger partial charge in [-0.15, -0.1) is 0 Å². The molecular weight excluding hydrogens is 179 g/mol. The third-order valence-electron chi connectivity index (χ3n) is 1.41. The average molecular weight is 182 g/mol. The number of aromatic hydroxyl groups is 1. The van der Waals surface area contributed by atoms with E-state index >= 15 is 0 Å². The first-order valence-corrected chi connectivity index (χ1v) is 3.14. The van der Waals surface area contributed by atoms with E-state index in [9.17, 15) is 14.5 Å². The molecule has 0 bridgehead atoms.